The van der Waals surface area contributed by atoms with Crippen LogP contribution in [0.25, 0.3) is 29.2 Å². The maximum absolute atomic E-state index is 4.71. The SMILES string of the molecule is Cc1cc(C(C)C)n2nc(/C=C/c3nc(-c4ccccc4)cn3C)nc2n1. The van der Waals surface area contributed by atoms with Gasteiger partial charge in [0.1, 0.15) is 5.82 Å². The molecule has 6 nitrogen and oxygen atoms in total. The van der Waals surface area contributed by atoms with Gasteiger partial charge in [-0.1, -0.05) is 44.2 Å². The average Bonchev–Trinajstić information content (AvgIpc) is 3.22. The van der Waals surface area contributed by atoms with Gasteiger partial charge in [0.2, 0.25) is 0 Å². The van der Waals surface area contributed by atoms with Gasteiger partial charge in [-0.15, -0.1) is 5.10 Å². The molecule has 0 aliphatic carbocycles. The molecule has 27 heavy (non-hydrogen) atoms. The lowest BCUT2D eigenvalue weighted by molar-refractivity contribution is 0.744. The predicted molar refractivity (Wildman–Crippen MR) is 107 cm³/mol. The molecule has 0 radical (unpaired) electrons. The Kier molecular flexibility index (Phi) is 4.32. The van der Waals surface area contributed by atoms with E-state index < -0.39 is 0 Å². The van der Waals surface area contributed by atoms with Crippen LogP contribution in [0.3, 0.4) is 0 Å². The van der Waals surface area contributed by atoms with Crippen LogP contribution >= 0.6 is 0 Å². The Morgan fingerprint density at radius 3 is 2.52 bits per heavy atom. The van der Waals surface area contributed by atoms with Crippen molar-refractivity contribution < 1.29 is 0 Å². The highest BCUT2D eigenvalue weighted by atomic mass is 15.3. The number of nitrogens with zero attached hydrogens (tertiary/aromatic N) is 6. The molecule has 4 rings (SSSR count). The van der Waals surface area contributed by atoms with Gasteiger partial charge in [-0.2, -0.15) is 4.98 Å². The van der Waals surface area contributed by atoms with Gasteiger partial charge in [0.05, 0.1) is 11.4 Å². The summed E-state index contributed by atoms with van der Waals surface area (Å²) < 4.78 is 3.82. The minimum atomic E-state index is 0.343. The second-order valence-corrected chi connectivity index (χ2v) is 6.95. The first-order valence-corrected chi connectivity index (χ1v) is 9.02. The van der Waals surface area contributed by atoms with Gasteiger partial charge in [0, 0.05) is 24.5 Å². The van der Waals surface area contributed by atoms with Crippen LogP contribution in [0, 0.1) is 6.92 Å². The van der Waals surface area contributed by atoms with Crippen molar-refractivity contribution in [3.8, 4) is 11.3 Å². The summed E-state index contributed by atoms with van der Waals surface area (Å²) >= 11 is 0. The number of benzene rings is 1. The Balaban J connectivity index is 1.67. The molecule has 0 saturated heterocycles. The van der Waals surface area contributed by atoms with E-state index in [0.29, 0.717) is 17.5 Å². The monoisotopic (exact) mass is 358 g/mol. The number of imidazole rings is 1. The summed E-state index contributed by atoms with van der Waals surface area (Å²) in [6.45, 7) is 6.27. The third-order valence-corrected chi connectivity index (χ3v) is 4.44. The zero-order chi connectivity index (χ0) is 19.0. The number of aromatic nitrogens is 6. The maximum Gasteiger partial charge on any atom is 0.253 e. The zero-order valence-corrected chi connectivity index (χ0v) is 16.0. The number of hydrogen-bond acceptors (Lipinski definition) is 4. The summed E-state index contributed by atoms with van der Waals surface area (Å²) in [4.78, 5) is 13.7. The van der Waals surface area contributed by atoms with Crippen molar-refractivity contribution >= 4 is 17.9 Å². The molecular formula is C21H22N6. The summed E-state index contributed by atoms with van der Waals surface area (Å²) in [5.74, 6) is 2.44. The van der Waals surface area contributed by atoms with Gasteiger partial charge >= 0.3 is 0 Å². The van der Waals surface area contributed by atoms with Gasteiger partial charge in [-0.3, -0.25) is 0 Å². The lowest BCUT2D eigenvalue weighted by atomic mass is 10.1. The second-order valence-electron chi connectivity index (χ2n) is 6.95. The van der Waals surface area contributed by atoms with Crippen molar-refractivity contribution in [2.24, 2.45) is 7.05 Å². The molecule has 0 saturated carbocycles. The number of hydrogen-bond donors (Lipinski definition) is 0. The van der Waals surface area contributed by atoms with Crippen LogP contribution in [0.4, 0.5) is 0 Å². The summed E-state index contributed by atoms with van der Waals surface area (Å²) in [7, 11) is 1.98. The smallest absolute Gasteiger partial charge is 0.253 e. The summed E-state index contributed by atoms with van der Waals surface area (Å²) in [5, 5.41) is 4.60. The quantitative estimate of drug-likeness (QED) is 0.550. The molecule has 1 aromatic carbocycles. The summed E-state index contributed by atoms with van der Waals surface area (Å²) in [6.07, 6.45) is 5.84. The molecule has 6 heteroatoms. The minimum Gasteiger partial charge on any atom is -0.334 e. The molecule has 3 aromatic heterocycles. The first-order valence-electron chi connectivity index (χ1n) is 9.02. The lowest BCUT2D eigenvalue weighted by Crippen LogP contribution is -2.03. The van der Waals surface area contributed by atoms with Crippen molar-refractivity contribution in [3.63, 3.8) is 0 Å². The van der Waals surface area contributed by atoms with E-state index in [-0.39, 0.29) is 0 Å². The average molecular weight is 358 g/mol. The van der Waals surface area contributed by atoms with E-state index in [1.54, 1.807) is 0 Å². The Bertz CT molecular complexity index is 1120. The molecule has 0 bridgehead atoms. The van der Waals surface area contributed by atoms with Gasteiger partial charge in [-0.25, -0.2) is 14.5 Å². The molecular weight excluding hydrogens is 336 g/mol. The van der Waals surface area contributed by atoms with E-state index in [9.17, 15) is 0 Å². The molecule has 0 unspecified atom stereocenters. The first kappa shape index (κ1) is 17.1. The highest BCUT2D eigenvalue weighted by Gasteiger charge is 2.11. The molecule has 0 aliphatic heterocycles. The number of fused-ring (bicyclic) bond motifs is 1. The Labute approximate surface area is 158 Å². The molecule has 0 aliphatic rings. The number of aryl methyl sites for hydroxylation is 2. The topological polar surface area (TPSA) is 60.9 Å². The van der Waals surface area contributed by atoms with Crippen molar-refractivity contribution in [1.29, 1.82) is 0 Å². The number of rotatable bonds is 4. The Hall–Kier alpha value is -3.28. The van der Waals surface area contributed by atoms with Crippen LogP contribution in [0.15, 0.2) is 42.6 Å². The van der Waals surface area contributed by atoms with E-state index >= 15 is 0 Å². The van der Waals surface area contributed by atoms with Crippen molar-refractivity contribution in [2.45, 2.75) is 26.7 Å². The van der Waals surface area contributed by atoms with Gasteiger partial charge in [0.25, 0.3) is 5.78 Å². The Morgan fingerprint density at radius 1 is 1.00 bits per heavy atom. The molecule has 4 aromatic rings. The van der Waals surface area contributed by atoms with Crippen molar-refractivity contribution in [2.75, 3.05) is 0 Å². The normalized spacial score (nSPS) is 11.9. The van der Waals surface area contributed by atoms with E-state index in [1.807, 2.05) is 59.6 Å². The van der Waals surface area contributed by atoms with Crippen LogP contribution in [-0.4, -0.2) is 29.1 Å². The third kappa shape index (κ3) is 3.38. The molecule has 0 atom stereocenters. The molecule has 0 spiro atoms. The van der Waals surface area contributed by atoms with Crippen LogP contribution in [0.1, 0.15) is 42.8 Å². The Morgan fingerprint density at radius 2 is 1.78 bits per heavy atom. The largest absolute Gasteiger partial charge is 0.334 e. The van der Waals surface area contributed by atoms with Gasteiger partial charge < -0.3 is 4.57 Å². The predicted octanol–water partition coefficient (Wildman–Crippen LogP) is 4.13. The van der Waals surface area contributed by atoms with Crippen molar-refractivity contribution in [1.82, 2.24) is 29.1 Å². The summed E-state index contributed by atoms with van der Waals surface area (Å²) in [6, 6.07) is 12.2. The van der Waals surface area contributed by atoms with E-state index in [1.165, 1.54) is 0 Å². The van der Waals surface area contributed by atoms with E-state index in [4.69, 9.17) is 4.98 Å². The molecule has 3 heterocycles. The molecule has 0 amide bonds. The van der Waals surface area contributed by atoms with Gasteiger partial charge in [0.15, 0.2) is 5.82 Å². The minimum absolute atomic E-state index is 0.343. The summed E-state index contributed by atoms with van der Waals surface area (Å²) in [5.41, 5.74) is 4.10. The lowest BCUT2D eigenvalue weighted by Gasteiger charge is -2.07. The fraction of sp³-hybridized carbons (Fsp3) is 0.238. The van der Waals surface area contributed by atoms with Gasteiger partial charge in [-0.05, 0) is 31.1 Å². The molecule has 0 fully saturated rings. The second kappa shape index (κ2) is 6.79. The van der Waals surface area contributed by atoms with Crippen LogP contribution in [0.2, 0.25) is 0 Å². The fourth-order valence-electron chi connectivity index (χ4n) is 3.04. The molecule has 0 N–H and O–H groups in total. The van der Waals surface area contributed by atoms with Crippen LogP contribution in [0.5, 0.6) is 0 Å². The van der Waals surface area contributed by atoms with Crippen LogP contribution in [-0.2, 0) is 7.05 Å². The van der Waals surface area contributed by atoms with E-state index in [2.05, 4.69) is 47.1 Å². The highest BCUT2D eigenvalue weighted by Crippen LogP contribution is 2.19. The fourth-order valence-corrected chi connectivity index (χ4v) is 3.04. The standard InChI is InChI=1S/C21H22N6/c1-14(2)18-12-15(3)22-21-24-19(25-27(18)21)10-11-20-23-17(13-26(20)4)16-8-6-5-7-9-16/h5-14H,1-4H3/b11-10+. The zero-order valence-electron chi connectivity index (χ0n) is 16.0. The highest BCUT2D eigenvalue weighted by molar-refractivity contribution is 5.67. The van der Waals surface area contributed by atoms with E-state index in [0.717, 1.165) is 28.5 Å². The van der Waals surface area contributed by atoms with Crippen LogP contribution < -0.4 is 0 Å². The molecule has 136 valence electrons. The van der Waals surface area contributed by atoms with Crippen molar-refractivity contribution in [3.05, 3.63) is 65.6 Å². The third-order valence-electron chi connectivity index (χ3n) is 4.44. The maximum atomic E-state index is 4.71. The first-order chi connectivity index (χ1) is 13.0.